The molecule has 0 unspecified atom stereocenters. The fourth-order valence-corrected chi connectivity index (χ4v) is 4.07. The molecule has 0 saturated carbocycles. The summed E-state index contributed by atoms with van der Waals surface area (Å²) in [5.74, 6) is 0.246. The van der Waals surface area contributed by atoms with Crippen molar-refractivity contribution in [2.45, 2.75) is 84.6 Å². The number of rotatable bonds is 11. The molecule has 1 heterocycles. The molecule has 0 bridgehead atoms. The Morgan fingerprint density at radius 2 is 1.67 bits per heavy atom. The maximum absolute atomic E-state index is 13.6. The molecule has 6 heteroatoms. The number of para-hydroxylation sites is 1. The predicted octanol–water partition coefficient (Wildman–Crippen LogP) is 6.11. The summed E-state index contributed by atoms with van der Waals surface area (Å²) in [5.41, 5.74) is 3.64. The Kier molecular flexibility index (Phi) is 9.45. The minimum atomic E-state index is -0.690. The molecule has 0 spiro atoms. The van der Waals surface area contributed by atoms with Crippen LogP contribution in [0.2, 0.25) is 0 Å². The second-order valence-corrected chi connectivity index (χ2v) is 10.5. The van der Waals surface area contributed by atoms with Gasteiger partial charge in [0.25, 0.3) is 0 Å². The number of nitrogens with one attached hydrogen (secondary N) is 2. The molecule has 192 valence electrons. The fraction of sp³-hybridized carbons (Fsp3) is 0.433. The molecular formula is C30H40N4O2. The first kappa shape index (κ1) is 27.2. The Hall–Kier alpha value is -3.41. The second-order valence-electron chi connectivity index (χ2n) is 10.5. The van der Waals surface area contributed by atoms with E-state index in [4.69, 9.17) is 5.10 Å². The van der Waals surface area contributed by atoms with Crippen molar-refractivity contribution in [2.75, 3.05) is 5.32 Å². The van der Waals surface area contributed by atoms with Crippen molar-refractivity contribution in [3.8, 4) is 5.69 Å². The molecule has 0 radical (unpaired) electrons. The molecule has 0 saturated heterocycles. The molecule has 2 amide bonds. The van der Waals surface area contributed by atoms with Gasteiger partial charge in [0.15, 0.2) is 0 Å². The van der Waals surface area contributed by atoms with E-state index < -0.39 is 6.04 Å². The van der Waals surface area contributed by atoms with Gasteiger partial charge < -0.3 is 10.6 Å². The maximum atomic E-state index is 13.6. The first-order chi connectivity index (χ1) is 17.2. The molecule has 0 aliphatic carbocycles. The van der Waals surface area contributed by atoms with Gasteiger partial charge >= 0.3 is 0 Å². The highest BCUT2D eigenvalue weighted by molar-refractivity contribution is 5.97. The monoisotopic (exact) mass is 488 g/mol. The number of hydrogen-bond donors (Lipinski definition) is 2. The van der Waals surface area contributed by atoms with Crippen molar-refractivity contribution < 1.29 is 9.59 Å². The van der Waals surface area contributed by atoms with E-state index in [0.29, 0.717) is 18.7 Å². The van der Waals surface area contributed by atoms with Gasteiger partial charge in [-0.1, -0.05) is 95.5 Å². The Balaban J connectivity index is 1.86. The van der Waals surface area contributed by atoms with Gasteiger partial charge in [0.1, 0.15) is 11.9 Å². The lowest BCUT2D eigenvalue weighted by atomic mass is 9.92. The van der Waals surface area contributed by atoms with Crippen LogP contribution in [0.15, 0.2) is 60.7 Å². The van der Waals surface area contributed by atoms with Gasteiger partial charge in [0.05, 0.1) is 11.4 Å². The molecule has 0 fully saturated rings. The third-order valence-electron chi connectivity index (χ3n) is 6.26. The smallest absolute Gasteiger partial charge is 0.248 e. The van der Waals surface area contributed by atoms with E-state index in [1.807, 2.05) is 67.6 Å². The fourth-order valence-electron chi connectivity index (χ4n) is 4.07. The van der Waals surface area contributed by atoms with Crippen LogP contribution in [0.25, 0.3) is 5.69 Å². The molecule has 2 aromatic carbocycles. The average molecular weight is 489 g/mol. The number of anilines is 1. The highest BCUT2D eigenvalue weighted by Gasteiger charge is 2.26. The third-order valence-corrected chi connectivity index (χ3v) is 6.26. The summed E-state index contributed by atoms with van der Waals surface area (Å²) in [5, 5.41) is 10.9. The van der Waals surface area contributed by atoms with Crippen molar-refractivity contribution in [3.63, 3.8) is 0 Å². The van der Waals surface area contributed by atoms with Crippen molar-refractivity contribution in [1.82, 2.24) is 15.1 Å². The Labute approximate surface area is 215 Å². The highest BCUT2D eigenvalue weighted by atomic mass is 16.2. The van der Waals surface area contributed by atoms with Gasteiger partial charge in [-0.3, -0.25) is 9.59 Å². The quantitative estimate of drug-likeness (QED) is 0.320. The maximum Gasteiger partial charge on any atom is 0.248 e. The van der Waals surface area contributed by atoms with E-state index in [2.05, 4.69) is 38.3 Å². The normalized spacial score (nSPS) is 12.2. The molecule has 1 atom stereocenters. The number of aromatic nitrogens is 2. The van der Waals surface area contributed by atoms with E-state index >= 15 is 0 Å². The number of aryl methyl sites for hydroxylation is 1. The standard InChI is InChI=1S/C30H40N4O2/c1-6-7-8-12-19-28(35)31-24(20-23-16-10-9-11-17-23)29(36)32-27-21-26(30(3,4)5)33-34(27)25-18-14-13-15-22(25)2/h9-11,13-18,21,24H,6-8,12,19-20H2,1-5H3,(H,31,35)(H,32,36)/t24-/m1/s1. The minimum Gasteiger partial charge on any atom is -0.344 e. The van der Waals surface area contributed by atoms with Crippen LogP contribution < -0.4 is 10.6 Å². The van der Waals surface area contributed by atoms with E-state index in [1.54, 1.807) is 4.68 Å². The number of hydrogen-bond acceptors (Lipinski definition) is 3. The number of carbonyl (C=O) groups is 2. The molecule has 3 rings (SSSR count). The van der Waals surface area contributed by atoms with E-state index in [-0.39, 0.29) is 17.2 Å². The van der Waals surface area contributed by atoms with Crippen LogP contribution in [0.3, 0.4) is 0 Å². The first-order valence-electron chi connectivity index (χ1n) is 13.0. The zero-order valence-electron chi connectivity index (χ0n) is 22.3. The number of nitrogens with zero attached hydrogens (tertiary/aromatic N) is 2. The van der Waals surface area contributed by atoms with Crippen LogP contribution in [0.5, 0.6) is 0 Å². The summed E-state index contributed by atoms with van der Waals surface area (Å²) >= 11 is 0. The largest absolute Gasteiger partial charge is 0.344 e. The van der Waals surface area contributed by atoms with Crippen molar-refractivity contribution in [2.24, 2.45) is 0 Å². The van der Waals surface area contributed by atoms with Gasteiger partial charge in [-0.25, -0.2) is 4.68 Å². The average Bonchev–Trinajstić information content (AvgIpc) is 3.26. The van der Waals surface area contributed by atoms with Crippen LogP contribution in [-0.4, -0.2) is 27.6 Å². The lowest BCUT2D eigenvalue weighted by Crippen LogP contribution is -2.45. The van der Waals surface area contributed by atoms with Crippen LogP contribution in [0, 0.1) is 6.92 Å². The molecule has 2 N–H and O–H groups in total. The second kappa shape index (κ2) is 12.5. The zero-order chi connectivity index (χ0) is 26.1. The van der Waals surface area contributed by atoms with Crippen LogP contribution >= 0.6 is 0 Å². The lowest BCUT2D eigenvalue weighted by molar-refractivity contribution is -0.126. The molecule has 1 aromatic heterocycles. The lowest BCUT2D eigenvalue weighted by Gasteiger charge is -2.19. The van der Waals surface area contributed by atoms with Gasteiger partial charge in [-0.2, -0.15) is 5.10 Å². The zero-order valence-corrected chi connectivity index (χ0v) is 22.3. The number of unbranched alkanes of at least 4 members (excludes halogenated alkanes) is 3. The molecule has 6 nitrogen and oxygen atoms in total. The summed E-state index contributed by atoms with van der Waals surface area (Å²) in [7, 11) is 0. The molecule has 0 aliphatic rings. The Morgan fingerprint density at radius 3 is 2.33 bits per heavy atom. The molecule has 0 aliphatic heterocycles. The highest BCUT2D eigenvalue weighted by Crippen LogP contribution is 2.27. The summed E-state index contributed by atoms with van der Waals surface area (Å²) in [6.45, 7) is 10.5. The van der Waals surface area contributed by atoms with E-state index in [0.717, 1.165) is 48.2 Å². The summed E-state index contributed by atoms with van der Waals surface area (Å²) in [6.07, 6.45) is 4.91. The number of benzene rings is 2. The Bertz CT molecular complexity index is 1150. The van der Waals surface area contributed by atoms with Crippen molar-refractivity contribution in [3.05, 3.63) is 77.5 Å². The third kappa shape index (κ3) is 7.54. The number of carbonyl (C=O) groups excluding carboxylic acids is 2. The number of amides is 2. The predicted molar refractivity (Wildman–Crippen MR) is 146 cm³/mol. The summed E-state index contributed by atoms with van der Waals surface area (Å²) < 4.78 is 1.79. The van der Waals surface area contributed by atoms with Crippen LogP contribution in [0.1, 0.15) is 76.6 Å². The Morgan fingerprint density at radius 1 is 0.972 bits per heavy atom. The summed E-state index contributed by atoms with van der Waals surface area (Å²) in [6, 6.07) is 19.0. The van der Waals surface area contributed by atoms with Crippen LogP contribution in [0.4, 0.5) is 5.82 Å². The van der Waals surface area contributed by atoms with Gasteiger partial charge in [-0.15, -0.1) is 0 Å². The van der Waals surface area contributed by atoms with E-state index in [1.165, 1.54) is 0 Å². The van der Waals surface area contributed by atoms with Gasteiger partial charge in [0, 0.05) is 24.3 Å². The van der Waals surface area contributed by atoms with Crippen LogP contribution in [-0.2, 0) is 21.4 Å². The van der Waals surface area contributed by atoms with Crippen molar-refractivity contribution in [1.29, 1.82) is 0 Å². The summed E-state index contributed by atoms with van der Waals surface area (Å²) in [4.78, 5) is 26.3. The SMILES string of the molecule is CCCCCCC(=O)N[C@H](Cc1ccccc1)C(=O)Nc1cc(C(C)(C)C)nn1-c1ccccc1C. The van der Waals surface area contributed by atoms with E-state index in [9.17, 15) is 9.59 Å². The molecule has 3 aromatic rings. The van der Waals surface area contributed by atoms with Crippen molar-refractivity contribution >= 4 is 17.6 Å². The van der Waals surface area contributed by atoms with Gasteiger partial charge in [-0.05, 0) is 30.5 Å². The first-order valence-corrected chi connectivity index (χ1v) is 13.0. The topological polar surface area (TPSA) is 76.0 Å². The van der Waals surface area contributed by atoms with Gasteiger partial charge in [0.2, 0.25) is 11.8 Å². The molecular weight excluding hydrogens is 448 g/mol. The molecule has 36 heavy (non-hydrogen) atoms. The minimum absolute atomic E-state index is 0.0926.